The van der Waals surface area contributed by atoms with E-state index in [0.29, 0.717) is 5.69 Å². The average molecular weight is 375 g/mol. The molecule has 26 heavy (non-hydrogen) atoms. The highest BCUT2D eigenvalue weighted by molar-refractivity contribution is 7.92. The molecule has 0 spiro atoms. The molecule has 5 nitrogen and oxygen atoms in total. The van der Waals surface area contributed by atoms with Crippen LogP contribution >= 0.6 is 0 Å². The maximum Gasteiger partial charge on any atom is 0.232 e. The zero-order valence-corrected chi connectivity index (χ0v) is 16.3. The lowest BCUT2D eigenvalue weighted by Crippen LogP contribution is -2.39. The highest BCUT2D eigenvalue weighted by atomic mass is 32.2. The van der Waals surface area contributed by atoms with Gasteiger partial charge in [-0.1, -0.05) is 55.0 Å². The maximum absolute atomic E-state index is 12.2. The molecule has 2 rings (SSSR count). The molecule has 0 saturated carbocycles. The Labute approximate surface area is 156 Å². The molecule has 2 aromatic rings. The third-order valence-electron chi connectivity index (χ3n) is 4.13. The number of nitrogens with one attached hydrogen (secondary N) is 1. The minimum Gasteiger partial charge on any atom is -0.354 e. The van der Waals surface area contributed by atoms with Crippen molar-refractivity contribution in [2.75, 3.05) is 23.7 Å². The first-order valence-corrected chi connectivity index (χ1v) is 10.5. The zero-order chi connectivity index (χ0) is 19.2. The molecule has 0 radical (unpaired) electrons. The maximum atomic E-state index is 12.2. The molecular formula is C20H26N2O3S. The van der Waals surface area contributed by atoms with Crippen LogP contribution in [0.3, 0.4) is 0 Å². The van der Waals surface area contributed by atoms with Crippen LogP contribution in [-0.4, -0.2) is 33.7 Å². The smallest absolute Gasteiger partial charge is 0.232 e. The van der Waals surface area contributed by atoms with E-state index in [1.165, 1.54) is 10.6 Å². The van der Waals surface area contributed by atoms with Gasteiger partial charge in [0.15, 0.2) is 0 Å². The Balaban J connectivity index is 2.01. The number of para-hydroxylation sites is 1. The van der Waals surface area contributed by atoms with E-state index in [-0.39, 0.29) is 25.4 Å². The Hall–Kier alpha value is -2.34. The van der Waals surface area contributed by atoms with Crippen molar-refractivity contribution in [2.24, 2.45) is 0 Å². The molecular weight excluding hydrogens is 348 g/mol. The molecule has 0 fully saturated rings. The molecule has 6 heteroatoms. The molecule has 0 unspecified atom stereocenters. The zero-order valence-electron chi connectivity index (χ0n) is 15.5. The summed E-state index contributed by atoms with van der Waals surface area (Å²) >= 11 is 0. The van der Waals surface area contributed by atoms with Gasteiger partial charge in [-0.15, -0.1) is 0 Å². The van der Waals surface area contributed by atoms with Crippen LogP contribution < -0.4 is 9.62 Å². The molecule has 0 aliphatic heterocycles. The summed E-state index contributed by atoms with van der Waals surface area (Å²) in [6.07, 6.45) is 2.21. The van der Waals surface area contributed by atoms with E-state index in [2.05, 4.69) is 5.32 Å². The summed E-state index contributed by atoms with van der Waals surface area (Å²) in [4.78, 5) is 12.1. The number of hydrogen-bond donors (Lipinski definition) is 1. The van der Waals surface area contributed by atoms with Crippen molar-refractivity contribution >= 4 is 21.6 Å². The number of hydrogen-bond acceptors (Lipinski definition) is 3. The van der Waals surface area contributed by atoms with Gasteiger partial charge in [-0.2, -0.15) is 0 Å². The quantitative estimate of drug-likeness (QED) is 0.772. The summed E-state index contributed by atoms with van der Waals surface area (Å²) in [5.41, 5.74) is 3.68. The van der Waals surface area contributed by atoms with Crippen LogP contribution in [0.25, 0.3) is 0 Å². The Morgan fingerprint density at radius 3 is 2.50 bits per heavy atom. The molecule has 0 heterocycles. The second-order valence-corrected chi connectivity index (χ2v) is 8.24. The number of carbonyl (C=O) groups excluding carboxylic acids is 1. The fourth-order valence-electron chi connectivity index (χ4n) is 2.88. The van der Waals surface area contributed by atoms with Crippen molar-refractivity contribution in [1.82, 2.24) is 5.32 Å². The lowest BCUT2D eigenvalue weighted by Gasteiger charge is -2.25. The molecule has 0 saturated heterocycles. The monoisotopic (exact) mass is 374 g/mol. The van der Waals surface area contributed by atoms with E-state index < -0.39 is 10.0 Å². The van der Waals surface area contributed by atoms with Crippen LogP contribution in [0.4, 0.5) is 5.69 Å². The number of benzene rings is 2. The third kappa shape index (κ3) is 5.59. The number of sulfonamides is 1. The number of anilines is 1. The van der Waals surface area contributed by atoms with Crippen LogP contribution in [0.5, 0.6) is 0 Å². The van der Waals surface area contributed by atoms with Crippen molar-refractivity contribution in [3.8, 4) is 0 Å². The molecule has 0 aliphatic rings. The highest BCUT2D eigenvalue weighted by Gasteiger charge is 2.19. The first kappa shape index (κ1) is 20.0. The largest absolute Gasteiger partial charge is 0.354 e. The molecule has 0 aromatic heterocycles. The van der Waals surface area contributed by atoms with Crippen LogP contribution in [0.2, 0.25) is 0 Å². The summed E-state index contributed by atoms with van der Waals surface area (Å²) in [5, 5.41) is 2.82. The molecule has 0 bridgehead atoms. The van der Waals surface area contributed by atoms with Gasteiger partial charge >= 0.3 is 0 Å². The number of aryl methyl sites for hydroxylation is 2. The Bertz CT molecular complexity index is 863. The second kappa shape index (κ2) is 8.85. The number of amides is 1. The van der Waals surface area contributed by atoms with Gasteiger partial charge in [-0.25, -0.2) is 8.42 Å². The van der Waals surface area contributed by atoms with Gasteiger partial charge in [0.25, 0.3) is 0 Å². The fourth-order valence-corrected chi connectivity index (χ4v) is 3.84. The summed E-state index contributed by atoms with van der Waals surface area (Å²) in [5.74, 6) is -0.118. The molecule has 2 aromatic carbocycles. The molecule has 140 valence electrons. The van der Waals surface area contributed by atoms with Crippen molar-refractivity contribution in [2.45, 2.75) is 26.7 Å². The number of carbonyl (C=O) groups is 1. The summed E-state index contributed by atoms with van der Waals surface area (Å²) in [6.45, 7) is 4.44. The molecule has 0 aliphatic carbocycles. The topological polar surface area (TPSA) is 66.5 Å². The van der Waals surface area contributed by atoms with Crippen LogP contribution in [0, 0.1) is 6.92 Å². The first-order chi connectivity index (χ1) is 12.3. The minimum absolute atomic E-state index is 0.118. The van der Waals surface area contributed by atoms with Gasteiger partial charge < -0.3 is 5.32 Å². The van der Waals surface area contributed by atoms with E-state index in [9.17, 15) is 13.2 Å². The Morgan fingerprint density at radius 2 is 1.85 bits per heavy atom. The lowest BCUT2D eigenvalue weighted by molar-refractivity contribution is -0.120. The van der Waals surface area contributed by atoms with Gasteiger partial charge in [0.1, 0.15) is 0 Å². The van der Waals surface area contributed by atoms with Gasteiger partial charge in [-0.05, 0) is 30.5 Å². The van der Waals surface area contributed by atoms with Crippen molar-refractivity contribution in [3.63, 3.8) is 0 Å². The third-order valence-corrected chi connectivity index (χ3v) is 5.31. The van der Waals surface area contributed by atoms with Gasteiger partial charge in [0.2, 0.25) is 15.9 Å². The van der Waals surface area contributed by atoms with Gasteiger partial charge in [0, 0.05) is 6.54 Å². The van der Waals surface area contributed by atoms with Crippen LogP contribution in [0.15, 0.2) is 48.5 Å². The van der Waals surface area contributed by atoms with E-state index in [4.69, 9.17) is 0 Å². The molecule has 1 amide bonds. The van der Waals surface area contributed by atoms with Crippen LogP contribution in [0.1, 0.15) is 23.6 Å². The van der Waals surface area contributed by atoms with E-state index in [0.717, 1.165) is 23.1 Å². The predicted octanol–water partition coefficient (Wildman–Crippen LogP) is 2.68. The Morgan fingerprint density at radius 1 is 1.12 bits per heavy atom. The fraction of sp³-hybridized carbons (Fsp3) is 0.350. The normalized spacial score (nSPS) is 11.2. The Kier molecular flexibility index (Phi) is 6.80. The van der Waals surface area contributed by atoms with Gasteiger partial charge in [0.05, 0.1) is 24.9 Å². The lowest BCUT2D eigenvalue weighted by atomic mass is 10.1. The number of rotatable bonds is 8. The van der Waals surface area contributed by atoms with Crippen molar-refractivity contribution in [1.29, 1.82) is 0 Å². The molecule has 1 N–H and O–H groups in total. The molecule has 0 atom stereocenters. The SMILES string of the molecule is CCc1ccccc1N(CCNC(=O)Cc1cccc(C)c1)S(C)(=O)=O. The van der Waals surface area contributed by atoms with Crippen LogP contribution in [-0.2, 0) is 27.7 Å². The van der Waals surface area contributed by atoms with E-state index in [1.807, 2.05) is 56.3 Å². The summed E-state index contributed by atoms with van der Waals surface area (Å²) in [7, 11) is -3.43. The average Bonchev–Trinajstić information content (AvgIpc) is 2.57. The minimum atomic E-state index is -3.43. The van der Waals surface area contributed by atoms with Crippen molar-refractivity contribution < 1.29 is 13.2 Å². The highest BCUT2D eigenvalue weighted by Crippen LogP contribution is 2.22. The summed E-state index contributed by atoms with van der Waals surface area (Å²) < 4.78 is 25.8. The standard InChI is InChI=1S/C20H26N2O3S/c1-4-18-10-5-6-11-19(18)22(26(3,24)25)13-12-21-20(23)15-17-9-7-8-16(2)14-17/h5-11,14H,4,12-13,15H2,1-3H3,(H,21,23). The van der Waals surface area contributed by atoms with E-state index >= 15 is 0 Å². The summed E-state index contributed by atoms with van der Waals surface area (Å²) in [6, 6.07) is 15.2. The second-order valence-electron chi connectivity index (χ2n) is 6.33. The first-order valence-electron chi connectivity index (χ1n) is 8.69. The van der Waals surface area contributed by atoms with Crippen molar-refractivity contribution in [3.05, 3.63) is 65.2 Å². The predicted molar refractivity (Wildman–Crippen MR) is 106 cm³/mol. The number of nitrogens with zero attached hydrogens (tertiary/aromatic N) is 1. The van der Waals surface area contributed by atoms with E-state index in [1.54, 1.807) is 6.07 Å². The van der Waals surface area contributed by atoms with Gasteiger partial charge in [-0.3, -0.25) is 9.10 Å².